The van der Waals surface area contributed by atoms with Gasteiger partial charge in [-0.15, -0.1) is 0 Å². The van der Waals surface area contributed by atoms with Crippen molar-refractivity contribution in [3.05, 3.63) is 59.9 Å². The van der Waals surface area contributed by atoms with Gasteiger partial charge in [-0.3, -0.25) is 9.69 Å². The second-order valence-corrected chi connectivity index (χ2v) is 6.24. The quantitative estimate of drug-likeness (QED) is 0.899. The summed E-state index contributed by atoms with van der Waals surface area (Å²) in [6, 6.07) is 15.8. The first kappa shape index (κ1) is 17.9. The number of para-hydroxylation sites is 2. The smallest absolute Gasteiger partial charge is 0.225 e. The third kappa shape index (κ3) is 4.38. The fourth-order valence-corrected chi connectivity index (χ4v) is 3.08. The molecule has 5 nitrogen and oxygen atoms in total. The van der Waals surface area contributed by atoms with Crippen LogP contribution < -0.4 is 10.2 Å². The number of rotatable bonds is 5. The van der Waals surface area contributed by atoms with Gasteiger partial charge >= 0.3 is 0 Å². The Hall–Kier alpha value is -2.91. The highest BCUT2D eigenvalue weighted by Gasteiger charge is 2.19. The fourth-order valence-electron chi connectivity index (χ4n) is 3.08. The second-order valence-electron chi connectivity index (χ2n) is 6.24. The molecule has 0 radical (unpaired) electrons. The van der Waals surface area contributed by atoms with Gasteiger partial charge in [0.15, 0.2) is 0 Å². The average molecular weight is 352 g/mol. The van der Waals surface area contributed by atoms with Crippen LogP contribution in [0.3, 0.4) is 0 Å². The van der Waals surface area contributed by atoms with Gasteiger partial charge in [-0.2, -0.15) is 5.26 Å². The first-order chi connectivity index (χ1) is 12.7. The molecule has 1 heterocycles. The summed E-state index contributed by atoms with van der Waals surface area (Å²) in [4.78, 5) is 16.4. The van der Waals surface area contributed by atoms with Crippen LogP contribution in [0.2, 0.25) is 0 Å². The molecular formula is C20H21FN4O. The van der Waals surface area contributed by atoms with Gasteiger partial charge in [0.1, 0.15) is 11.9 Å². The molecule has 0 unspecified atom stereocenters. The predicted octanol–water partition coefficient (Wildman–Crippen LogP) is 2.85. The van der Waals surface area contributed by atoms with E-state index in [4.69, 9.17) is 5.26 Å². The topological polar surface area (TPSA) is 59.4 Å². The molecule has 26 heavy (non-hydrogen) atoms. The first-order valence-corrected chi connectivity index (χ1v) is 8.68. The SMILES string of the molecule is N#Cc1ccccc1NC(=O)CCN1CCN(c2ccccc2F)CC1. The lowest BCUT2D eigenvalue weighted by atomic mass is 10.2. The zero-order valence-electron chi connectivity index (χ0n) is 14.5. The van der Waals surface area contributed by atoms with Gasteiger partial charge in [-0.1, -0.05) is 24.3 Å². The van der Waals surface area contributed by atoms with Crippen LogP contribution in [-0.4, -0.2) is 43.5 Å². The van der Waals surface area contributed by atoms with Crippen molar-refractivity contribution in [2.45, 2.75) is 6.42 Å². The molecular weight excluding hydrogens is 331 g/mol. The van der Waals surface area contributed by atoms with Crippen LogP contribution in [-0.2, 0) is 4.79 Å². The van der Waals surface area contributed by atoms with Crippen LogP contribution in [0.15, 0.2) is 48.5 Å². The Morgan fingerprint density at radius 1 is 1.08 bits per heavy atom. The van der Waals surface area contributed by atoms with Crippen LogP contribution in [0, 0.1) is 17.1 Å². The number of carbonyl (C=O) groups excluding carboxylic acids is 1. The second kappa shape index (κ2) is 8.45. The summed E-state index contributed by atoms with van der Waals surface area (Å²) in [5.41, 5.74) is 1.64. The lowest BCUT2D eigenvalue weighted by Gasteiger charge is -2.36. The largest absolute Gasteiger partial charge is 0.367 e. The molecule has 1 amide bonds. The average Bonchev–Trinajstić information content (AvgIpc) is 2.68. The Morgan fingerprint density at radius 2 is 1.77 bits per heavy atom. The van der Waals surface area contributed by atoms with Crippen molar-refractivity contribution in [2.24, 2.45) is 0 Å². The number of piperazine rings is 1. The lowest BCUT2D eigenvalue weighted by molar-refractivity contribution is -0.116. The number of nitrogens with zero attached hydrogens (tertiary/aromatic N) is 3. The number of nitriles is 1. The summed E-state index contributed by atoms with van der Waals surface area (Å²) in [6.45, 7) is 3.69. The third-order valence-electron chi connectivity index (χ3n) is 4.54. The van der Waals surface area contributed by atoms with Gasteiger partial charge in [-0.25, -0.2) is 4.39 Å². The summed E-state index contributed by atoms with van der Waals surface area (Å²) >= 11 is 0. The van der Waals surface area contributed by atoms with E-state index in [9.17, 15) is 9.18 Å². The molecule has 2 aromatic rings. The summed E-state index contributed by atoms with van der Waals surface area (Å²) in [5.74, 6) is -0.305. The van der Waals surface area contributed by atoms with Gasteiger partial charge in [0.25, 0.3) is 0 Å². The Labute approximate surface area is 152 Å². The van der Waals surface area contributed by atoms with E-state index >= 15 is 0 Å². The minimum atomic E-state index is -0.198. The number of hydrogen-bond acceptors (Lipinski definition) is 4. The molecule has 0 spiro atoms. The number of hydrogen-bond donors (Lipinski definition) is 1. The highest BCUT2D eigenvalue weighted by molar-refractivity contribution is 5.92. The number of halogens is 1. The minimum absolute atomic E-state index is 0.107. The van der Waals surface area contributed by atoms with Crippen molar-refractivity contribution in [2.75, 3.05) is 42.9 Å². The highest BCUT2D eigenvalue weighted by Crippen LogP contribution is 2.20. The van der Waals surface area contributed by atoms with Crippen molar-refractivity contribution in [1.82, 2.24) is 4.90 Å². The standard InChI is InChI=1S/C20H21FN4O/c21-17-6-2-4-8-19(17)25-13-11-24(12-14-25)10-9-20(26)23-18-7-3-1-5-16(18)15-22/h1-8H,9-14H2,(H,23,26). The molecule has 0 bridgehead atoms. The maximum atomic E-state index is 13.9. The van der Waals surface area contributed by atoms with E-state index < -0.39 is 0 Å². The molecule has 0 saturated carbocycles. The van der Waals surface area contributed by atoms with Crippen molar-refractivity contribution in [1.29, 1.82) is 5.26 Å². The number of nitrogens with one attached hydrogen (secondary N) is 1. The van der Waals surface area contributed by atoms with E-state index in [0.29, 0.717) is 29.9 Å². The minimum Gasteiger partial charge on any atom is -0.367 e. The van der Waals surface area contributed by atoms with Gasteiger partial charge in [0, 0.05) is 39.1 Å². The van der Waals surface area contributed by atoms with E-state index in [1.165, 1.54) is 6.07 Å². The lowest BCUT2D eigenvalue weighted by Crippen LogP contribution is -2.47. The molecule has 1 aliphatic heterocycles. The number of benzene rings is 2. The van der Waals surface area contributed by atoms with E-state index in [1.54, 1.807) is 36.4 Å². The van der Waals surface area contributed by atoms with E-state index in [0.717, 1.165) is 26.2 Å². The molecule has 1 aliphatic rings. The number of carbonyl (C=O) groups is 1. The Kier molecular flexibility index (Phi) is 5.82. The molecule has 0 atom stereocenters. The Balaban J connectivity index is 1.46. The summed E-state index contributed by atoms with van der Waals surface area (Å²) in [6.07, 6.45) is 0.361. The molecule has 134 valence electrons. The Morgan fingerprint density at radius 3 is 2.50 bits per heavy atom. The van der Waals surface area contributed by atoms with E-state index in [1.807, 2.05) is 11.0 Å². The van der Waals surface area contributed by atoms with Crippen LogP contribution in [0.25, 0.3) is 0 Å². The van der Waals surface area contributed by atoms with Crippen molar-refractivity contribution in [3.8, 4) is 6.07 Å². The van der Waals surface area contributed by atoms with Crippen LogP contribution in [0.1, 0.15) is 12.0 Å². The van der Waals surface area contributed by atoms with Crippen LogP contribution >= 0.6 is 0 Å². The molecule has 0 aromatic heterocycles. The number of anilines is 2. The van der Waals surface area contributed by atoms with E-state index in [-0.39, 0.29) is 11.7 Å². The zero-order chi connectivity index (χ0) is 18.4. The molecule has 1 fully saturated rings. The van der Waals surface area contributed by atoms with Crippen molar-refractivity contribution in [3.63, 3.8) is 0 Å². The van der Waals surface area contributed by atoms with Gasteiger partial charge in [0.2, 0.25) is 5.91 Å². The monoisotopic (exact) mass is 352 g/mol. The Bertz CT molecular complexity index is 809. The maximum absolute atomic E-state index is 13.9. The van der Waals surface area contributed by atoms with Gasteiger partial charge in [-0.05, 0) is 24.3 Å². The molecule has 6 heteroatoms. The first-order valence-electron chi connectivity index (χ1n) is 8.68. The highest BCUT2D eigenvalue weighted by atomic mass is 19.1. The van der Waals surface area contributed by atoms with Crippen LogP contribution in [0.5, 0.6) is 0 Å². The van der Waals surface area contributed by atoms with Crippen molar-refractivity contribution < 1.29 is 9.18 Å². The normalized spacial score (nSPS) is 14.7. The predicted molar refractivity (Wildman–Crippen MR) is 99.5 cm³/mol. The fraction of sp³-hybridized carbons (Fsp3) is 0.300. The maximum Gasteiger partial charge on any atom is 0.225 e. The van der Waals surface area contributed by atoms with E-state index in [2.05, 4.69) is 16.3 Å². The summed E-state index contributed by atoms with van der Waals surface area (Å²) in [5, 5.41) is 11.9. The summed E-state index contributed by atoms with van der Waals surface area (Å²) < 4.78 is 13.9. The zero-order valence-corrected chi connectivity index (χ0v) is 14.5. The molecule has 1 saturated heterocycles. The van der Waals surface area contributed by atoms with Gasteiger partial charge < -0.3 is 10.2 Å². The van der Waals surface area contributed by atoms with Crippen LogP contribution in [0.4, 0.5) is 15.8 Å². The number of amides is 1. The molecule has 3 rings (SSSR count). The molecule has 1 N–H and O–H groups in total. The third-order valence-corrected chi connectivity index (χ3v) is 4.54. The van der Waals surface area contributed by atoms with Gasteiger partial charge in [0.05, 0.1) is 16.9 Å². The molecule has 0 aliphatic carbocycles. The summed E-state index contributed by atoms with van der Waals surface area (Å²) in [7, 11) is 0. The molecule has 2 aromatic carbocycles. The van der Waals surface area contributed by atoms with Crippen molar-refractivity contribution >= 4 is 17.3 Å².